The highest BCUT2D eigenvalue weighted by Gasteiger charge is 2.12. The van der Waals surface area contributed by atoms with Crippen molar-refractivity contribution < 1.29 is 4.79 Å². The number of nitrogens with two attached hydrogens (primary N) is 1. The molecule has 1 amide bonds. The minimum Gasteiger partial charge on any atom is -0.370 e. The lowest BCUT2D eigenvalue weighted by atomic mass is 10.1. The summed E-state index contributed by atoms with van der Waals surface area (Å²) >= 11 is 0. The number of nitrogens with one attached hydrogen (secondary N) is 2. The first-order chi connectivity index (χ1) is 11.1. The number of hydrogen-bond donors (Lipinski definition) is 3. The third kappa shape index (κ3) is 6.08. The van der Waals surface area contributed by atoms with Crippen LogP contribution in [0.25, 0.3) is 0 Å². The number of amides is 1. The van der Waals surface area contributed by atoms with Gasteiger partial charge in [0.15, 0.2) is 0 Å². The second-order valence-corrected chi connectivity index (χ2v) is 5.59. The van der Waals surface area contributed by atoms with E-state index in [9.17, 15) is 4.79 Å². The molecule has 1 aromatic heterocycles. The zero-order valence-electron chi connectivity index (χ0n) is 13.5. The number of anilines is 1. The maximum atomic E-state index is 11.9. The lowest BCUT2D eigenvalue weighted by Gasteiger charge is -2.12. The number of pyridine rings is 1. The Kier molecular flexibility index (Phi) is 6.56. The summed E-state index contributed by atoms with van der Waals surface area (Å²) in [6, 6.07) is 13.3. The highest BCUT2D eigenvalue weighted by Crippen LogP contribution is 2.04. The van der Waals surface area contributed by atoms with E-state index in [4.69, 9.17) is 5.73 Å². The van der Waals surface area contributed by atoms with Gasteiger partial charge < -0.3 is 16.4 Å². The standard InChI is InChI=1S/C18H24N4O/c1-14-8-9-17(22-13-14)20-10-5-11-21-18(23)16(19)12-15-6-3-2-4-7-15/h2-4,6-9,13,16H,5,10-12,19H2,1H3,(H,20,22)(H,21,23). The minimum atomic E-state index is -0.510. The van der Waals surface area contributed by atoms with E-state index in [1.165, 1.54) is 0 Å². The lowest BCUT2D eigenvalue weighted by molar-refractivity contribution is -0.122. The summed E-state index contributed by atoms with van der Waals surface area (Å²) in [6.45, 7) is 3.36. The Labute approximate surface area is 137 Å². The summed E-state index contributed by atoms with van der Waals surface area (Å²) in [4.78, 5) is 16.2. The number of benzene rings is 1. The molecule has 1 heterocycles. The maximum Gasteiger partial charge on any atom is 0.237 e. The van der Waals surface area contributed by atoms with Crippen molar-refractivity contribution in [2.45, 2.75) is 25.8 Å². The summed E-state index contributed by atoms with van der Waals surface area (Å²) in [5, 5.41) is 6.09. The van der Waals surface area contributed by atoms with Gasteiger partial charge in [0.05, 0.1) is 6.04 Å². The molecule has 23 heavy (non-hydrogen) atoms. The average molecular weight is 312 g/mol. The van der Waals surface area contributed by atoms with Gasteiger partial charge in [-0.1, -0.05) is 36.4 Å². The van der Waals surface area contributed by atoms with Crippen LogP contribution >= 0.6 is 0 Å². The molecule has 0 aliphatic carbocycles. The van der Waals surface area contributed by atoms with Crippen molar-refractivity contribution in [2.75, 3.05) is 18.4 Å². The van der Waals surface area contributed by atoms with Crippen LogP contribution in [0.4, 0.5) is 5.82 Å². The fourth-order valence-electron chi connectivity index (χ4n) is 2.18. The monoisotopic (exact) mass is 312 g/mol. The van der Waals surface area contributed by atoms with Gasteiger partial charge in [-0.25, -0.2) is 4.98 Å². The summed E-state index contributed by atoms with van der Waals surface area (Å²) in [5.74, 6) is 0.741. The first kappa shape index (κ1) is 17.0. The predicted octanol–water partition coefficient (Wildman–Crippen LogP) is 1.88. The van der Waals surface area contributed by atoms with Gasteiger partial charge in [0.25, 0.3) is 0 Å². The van der Waals surface area contributed by atoms with Crippen LogP contribution in [-0.2, 0) is 11.2 Å². The third-order valence-corrected chi connectivity index (χ3v) is 3.51. The Morgan fingerprint density at radius 3 is 2.65 bits per heavy atom. The molecule has 0 saturated carbocycles. The zero-order chi connectivity index (χ0) is 16.5. The van der Waals surface area contributed by atoms with Crippen LogP contribution in [-0.4, -0.2) is 30.0 Å². The number of carbonyl (C=O) groups is 1. The van der Waals surface area contributed by atoms with Crippen molar-refractivity contribution in [1.29, 1.82) is 0 Å². The van der Waals surface area contributed by atoms with Crippen molar-refractivity contribution in [2.24, 2.45) is 5.73 Å². The van der Waals surface area contributed by atoms with Gasteiger partial charge >= 0.3 is 0 Å². The van der Waals surface area contributed by atoms with E-state index >= 15 is 0 Å². The summed E-state index contributed by atoms with van der Waals surface area (Å²) < 4.78 is 0. The number of aryl methyl sites for hydroxylation is 1. The van der Waals surface area contributed by atoms with Gasteiger partial charge in [-0.2, -0.15) is 0 Å². The van der Waals surface area contributed by atoms with Crippen molar-refractivity contribution in [3.8, 4) is 0 Å². The highest BCUT2D eigenvalue weighted by molar-refractivity contribution is 5.81. The van der Waals surface area contributed by atoms with Crippen LogP contribution in [0.2, 0.25) is 0 Å². The summed E-state index contributed by atoms with van der Waals surface area (Å²) in [5.41, 5.74) is 8.14. The van der Waals surface area contributed by atoms with Crippen LogP contribution in [0.1, 0.15) is 17.5 Å². The first-order valence-corrected chi connectivity index (χ1v) is 7.89. The number of aromatic nitrogens is 1. The van der Waals surface area contributed by atoms with Crippen molar-refractivity contribution >= 4 is 11.7 Å². The average Bonchev–Trinajstić information content (AvgIpc) is 2.57. The molecule has 4 N–H and O–H groups in total. The van der Waals surface area contributed by atoms with Crippen LogP contribution in [0.5, 0.6) is 0 Å². The molecular weight excluding hydrogens is 288 g/mol. The van der Waals surface area contributed by atoms with E-state index < -0.39 is 6.04 Å². The zero-order valence-corrected chi connectivity index (χ0v) is 13.5. The van der Waals surface area contributed by atoms with Gasteiger partial charge in [0.2, 0.25) is 5.91 Å². The Morgan fingerprint density at radius 2 is 1.96 bits per heavy atom. The molecule has 5 heteroatoms. The fraction of sp³-hybridized carbons (Fsp3) is 0.333. The quantitative estimate of drug-likeness (QED) is 0.650. The molecule has 1 atom stereocenters. The molecule has 0 fully saturated rings. The van der Waals surface area contributed by atoms with Gasteiger partial charge in [0, 0.05) is 19.3 Å². The number of nitrogens with zero attached hydrogens (tertiary/aromatic N) is 1. The molecule has 0 radical (unpaired) electrons. The van der Waals surface area contributed by atoms with Gasteiger partial charge in [-0.05, 0) is 37.0 Å². The Bertz CT molecular complexity index is 598. The maximum absolute atomic E-state index is 11.9. The third-order valence-electron chi connectivity index (χ3n) is 3.51. The molecule has 0 spiro atoms. The normalized spacial score (nSPS) is 11.7. The van der Waals surface area contributed by atoms with Crippen LogP contribution in [0.3, 0.4) is 0 Å². The molecule has 2 rings (SSSR count). The lowest BCUT2D eigenvalue weighted by Crippen LogP contribution is -2.42. The minimum absolute atomic E-state index is 0.109. The molecule has 5 nitrogen and oxygen atoms in total. The topological polar surface area (TPSA) is 80.0 Å². The number of hydrogen-bond acceptors (Lipinski definition) is 4. The number of carbonyl (C=O) groups excluding carboxylic acids is 1. The molecule has 2 aromatic rings. The second kappa shape index (κ2) is 8.90. The van der Waals surface area contributed by atoms with Crippen molar-refractivity contribution in [1.82, 2.24) is 10.3 Å². The van der Waals surface area contributed by atoms with Gasteiger partial charge in [-0.3, -0.25) is 4.79 Å². The van der Waals surface area contributed by atoms with Crippen LogP contribution in [0.15, 0.2) is 48.7 Å². The number of rotatable bonds is 8. The Hall–Kier alpha value is -2.40. The van der Waals surface area contributed by atoms with E-state index in [-0.39, 0.29) is 5.91 Å². The van der Waals surface area contributed by atoms with E-state index in [1.54, 1.807) is 0 Å². The molecule has 1 aromatic carbocycles. The largest absolute Gasteiger partial charge is 0.370 e. The summed E-state index contributed by atoms with van der Waals surface area (Å²) in [6.07, 6.45) is 3.20. The Balaban J connectivity index is 1.61. The van der Waals surface area contributed by atoms with Crippen molar-refractivity contribution in [3.05, 3.63) is 59.8 Å². The SMILES string of the molecule is Cc1ccc(NCCCNC(=O)C(N)Cc2ccccc2)nc1. The molecule has 122 valence electrons. The van der Waals surface area contributed by atoms with E-state index in [0.717, 1.165) is 29.9 Å². The van der Waals surface area contributed by atoms with E-state index in [0.29, 0.717) is 13.0 Å². The molecule has 0 bridgehead atoms. The van der Waals surface area contributed by atoms with Crippen LogP contribution < -0.4 is 16.4 Å². The Morgan fingerprint density at radius 1 is 1.17 bits per heavy atom. The fourth-order valence-corrected chi connectivity index (χ4v) is 2.18. The second-order valence-electron chi connectivity index (χ2n) is 5.59. The van der Waals surface area contributed by atoms with E-state index in [1.807, 2.05) is 55.6 Å². The molecule has 0 saturated heterocycles. The van der Waals surface area contributed by atoms with Gasteiger partial charge in [-0.15, -0.1) is 0 Å². The molecule has 1 unspecified atom stereocenters. The van der Waals surface area contributed by atoms with E-state index in [2.05, 4.69) is 15.6 Å². The molecule has 0 aliphatic heterocycles. The molecular formula is C18H24N4O. The smallest absolute Gasteiger partial charge is 0.237 e. The van der Waals surface area contributed by atoms with Crippen molar-refractivity contribution in [3.63, 3.8) is 0 Å². The highest BCUT2D eigenvalue weighted by atomic mass is 16.2. The summed E-state index contributed by atoms with van der Waals surface area (Å²) in [7, 11) is 0. The first-order valence-electron chi connectivity index (χ1n) is 7.89. The molecule has 0 aliphatic rings. The van der Waals surface area contributed by atoms with Gasteiger partial charge in [0.1, 0.15) is 5.82 Å². The van der Waals surface area contributed by atoms with Crippen LogP contribution in [0, 0.1) is 6.92 Å². The predicted molar refractivity (Wildman–Crippen MR) is 93.2 cm³/mol.